The van der Waals surface area contributed by atoms with Gasteiger partial charge in [-0.3, -0.25) is 14.9 Å². The topological polar surface area (TPSA) is 187 Å². The summed E-state index contributed by atoms with van der Waals surface area (Å²) in [7, 11) is -4.45. The van der Waals surface area contributed by atoms with Crippen LogP contribution in [0.3, 0.4) is 0 Å². The van der Waals surface area contributed by atoms with Crippen molar-refractivity contribution in [2.45, 2.75) is 44.7 Å². The fourth-order valence-corrected chi connectivity index (χ4v) is 5.96. The van der Waals surface area contributed by atoms with Crippen molar-refractivity contribution in [1.29, 1.82) is 0 Å². The molecule has 0 aliphatic heterocycles. The van der Waals surface area contributed by atoms with Crippen molar-refractivity contribution in [2.24, 2.45) is 0 Å². The Bertz CT molecular complexity index is 1840. The number of para-hydroxylation sites is 1. The maximum atomic E-state index is 13.5. The molecule has 0 radical (unpaired) electrons. The van der Waals surface area contributed by atoms with E-state index < -0.39 is 49.7 Å². The number of nitrogens with one attached hydrogen (secondary N) is 2. The molecule has 4 rings (SSSR count). The van der Waals surface area contributed by atoms with Gasteiger partial charge in [-0.2, -0.15) is 9.40 Å². The van der Waals surface area contributed by atoms with Crippen LogP contribution in [0.5, 0.6) is 0 Å². The molecule has 0 unspecified atom stereocenters. The minimum Gasteiger partial charge on any atom is -0.465 e. The third-order valence-electron chi connectivity index (χ3n) is 6.40. The van der Waals surface area contributed by atoms with E-state index in [2.05, 4.69) is 20.7 Å². The Hall–Kier alpha value is -5.09. The summed E-state index contributed by atoms with van der Waals surface area (Å²) in [6, 6.07) is 14.1. The molecular formula is C30H35N7O8S. The summed E-state index contributed by atoms with van der Waals surface area (Å²) in [6.45, 7) is 6.39. The van der Waals surface area contributed by atoms with Crippen LogP contribution in [0.1, 0.15) is 33.3 Å². The summed E-state index contributed by atoms with van der Waals surface area (Å²) in [6.07, 6.45) is 2.82. The minimum atomic E-state index is -4.45. The van der Waals surface area contributed by atoms with E-state index in [0.29, 0.717) is 17.0 Å². The lowest BCUT2D eigenvalue weighted by Gasteiger charge is -2.21. The summed E-state index contributed by atoms with van der Waals surface area (Å²) in [4.78, 5) is 39.2. The Labute approximate surface area is 265 Å². The van der Waals surface area contributed by atoms with E-state index in [1.165, 1.54) is 12.1 Å². The molecule has 4 aromatic rings. The molecule has 16 heteroatoms. The molecule has 0 saturated carbocycles. The first-order valence-corrected chi connectivity index (χ1v) is 15.8. The van der Waals surface area contributed by atoms with Crippen molar-refractivity contribution in [3.8, 4) is 11.1 Å². The second kappa shape index (κ2) is 14.3. The van der Waals surface area contributed by atoms with Crippen molar-refractivity contribution in [3.05, 3.63) is 82.7 Å². The average Bonchev–Trinajstić information content (AvgIpc) is 3.42. The lowest BCUT2D eigenvalue weighted by atomic mass is 10.1. The van der Waals surface area contributed by atoms with Crippen LogP contribution in [0.4, 0.5) is 16.3 Å². The van der Waals surface area contributed by atoms with Crippen LogP contribution in [0.25, 0.3) is 16.8 Å². The van der Waals surface area contributed by atoms with Crippen LogP contribution in [0, 0.1) is 10.1 Å². The third kappa shape index (κ3) is 8.54. The molecule has 2 N–H and O–H groups in total. The first-order chi connectivity index (χ1) is 21.8. The maximum absolute atomic E-state index is 13.5. The van der Waals surface area contributed by atoms with Crippen molar-refractivity contribution < 1.29 is 32.4 Å². The van der Waals surface area contributed by atoms with Crippen LogP contribution in [0.2, 0.25) is 0 Å². The number of hydrogen-bond acceptors (Lipinski definition) is 11. The predicted octanol–water partition coefficient (Wildman–Crippen LogP) is 4.00. The quantitative estimate of drug-likeness (QED) is 0.121. The number of sulfonamides is 1. The highest BCUT2D eigenvalue weighted by molar-refractivity contribution is 7.89. The lowest BCUT2D eigenvalue weighted by Crippen LogP contribution is -2.39. The van der Waals surface area contributed by atoms with Gasteiger partial charge in [0.05, 0.1) is 17.7 Å². The van der Waals surface area contributed by atoms with Gasteiger partial charge in [-0.15, -0.1) is 0 Å². The molecule has 0 aliphatic carbocycles. The van der Waals surface area contributed by atoms with Crippen molar-refractivity contribution in [1.82, 2.24) is 24.2 Å². The van der Waals surface area contributed by atoms with Crippen LogP contribution in [-0.2, 0) is 30.8 Å². The highest BCUT2D eigenvalue weighted by atomic mass is 32.2. The number of carbonyl (C=O) groups is 2. The van der Waals surface area contributed by atoms with Gasteiger partial charge in [-0.25, -0.2) is 22.7 Å². The van der Waals surface area contributed by atoms with Crippen LogP contribution in [0.15, 0.2) is 71.9 Å². The van der Waals surface area contributed by atoms with Crippen LogP contribution >= 0.6 is 0 Å². The molecule has 2 aromatic carbocycles. The van der Waals surface area contributed by atoms with E-state index in [-0.39, 0.29) is 26.2 Å². The summed E-state index contributed by atoms with van der Waals surface area (Å²) in [5.41, 5.74) is 1.65. The normalized spacial score (nSPS) is 11.8. The van der Waals surface area contributed by atoms with Crippen LogP contribution in [-0.4, -0.2) is 76.1 Å². The molecule has 0 saturated heterocycles. The molecule has 0 spiro atoms. The van der Waals surface area contributed by atoms with Gasteiger partial charge in [0.2, 0.25) is 0 Å². The number of alkyl carbamates (subject to hydrolysis) is 1. The fourth-order valence-electron chi connectivity index (χ4n) is 4.42. The average molecular weight is 654 g/mol. The number of fused-ring (bicyclic) bond motifs is 1. The summed E-state index contributed by atoms with van der Waals surface area (Å²) < 4.78 is 39.6. The predicted molar refractivity (Wildman–Crippen MR) is 168 cm³/mol. The van der Waals surface area contributed by atoms with Crippen molar-refractivity contribution >= 4 is 39.2 Å². The van der Waals surface area contributed by atoms with Crippen LogP contribution < -0.4 is 10.6 Å². The van der Waals surface area contributed by atoms with E-state index in [1.54, 1.807) is 50.7 Å². The maximum Gasteiger partial charge on any atom is 0.407 e. The monoisotopic (exact) mass is 653 g/mol. The number of ether oxygens (including phenoxy) is 2. The molecule has 2 heterocycles. The van der Waals surface area contributed by atoms with Crippen molar-refractivity contribution in [3.63, 3.8) is 0 Å². The molecule has 0 bridgehead atoms. The standard InChI is InChI=1S/C30H35N7O8S/c1-5-44-27(38)20-35(46(42,43)25-12-7-6-11-24(25)37(40)41)16-14-31-26-13-15-36-28(34-26)23(19-33-36)22-10-8-9-21(17-22)18-32-29(39)45-30(2,3)4/h6-13,15,17,19H,5,14,16,18,20H2,1-4H3,(H,31,34)(H,32,39). The number of anilines is 1. The molecule has 46 heavy (non-hydrogen) atoms. The fraction of sp³-hybridized carbons (Fsp3) is 0.333. The third-order valence-corrected chi connectivity index (χ3v) is 8.29. The molecule has 2 aromatic heterocycles. The van der Waals surface area contributed by atoms with Crippen molar-refractivity contribution in [2.75, 3.05) is 31.6 Å². The summed E-state index contributed by atoms with van der Waals surface area (Å²) in [5.74, 6) is -0.396. The number of nitro groups is 1. The number of carbonyl (C=O) groups excluding carboxylic acids is 2. The van der Waals surface area contributed by atoms with E-state index in [1.807, 2.05) is 24.3 Å². The minimum absolute atomic E-state index is 0.0116. The van der Waals surface area contributed by atoms with E-state index >= 15 is 0 Å². The van der Waals surface area contributed by atoms with Gasteiger partial charge in [0, 0.05) is 37.5 Å². The van der Waals surface area contributed by atoms with Gasteiger partial charge in [0.25, 0.3) is 15.7 Å². The number of nitro benzene ring substituents is 1. The van der Waals surface area contributed by atoms with E-state index in [9.17, 15) is 28.1 Å². The SMILES string of the molecule is CCOC(=O)CN(CCNc1ccn2ncc(-c3cccc(CNC(=O)OC(C)(C)C)c3)c2n1)S(=O)(=O)c1ccccc1[N+](=O)[O-]. The highest BCUT2D eigenvalue weighted by Crippen LogP contribution is 2.27. The number of nitrogens with zero attached hydrogens (tertiary/aromatic N) is 5. The molecule has 0 aliphatic rings. The second-order valence-electron chi connectivity index (χ2n) is 11.0. The smallest absolute Gasteiger partial charge is 0.407 e. The zero-order valence-corrected chi connectivity index (χ0v) is 26.6. The number of amides is 1. The molecule has 0 fully saturated rings. The van der Waals surface area contributed by atoms with Gasteiger partial charge < -0.3 is 20.1 Å². The zero-order chi connectivity index (χ0) is 33.5. The number of aromatic nitrogens is 3. The number of rotatable bonds is 13. The number of esters is 1. The van der Waals surface area contributed by atoms with Gasteiger partial charge in [-0.1, -0.05) is 30.3 Å². The Morgan fingerprint density at radius 3 is 2.59 bits per heavy atom. The lowest BCUT2D eigenvalue weighted by molar-refractivity contribution is -0.387. The second-order valence-corrected chi connectivity index (χ2v) is 12.9. The molecule has 0 atom stereocenters. The molecule has 244 valence electrons. The summed E-state index contributed by atoms with van der Waals surface area (Å²) in [5, 5.41) is 21.7. The zero-order valence-electron chi connectivity index (χ0n) is 25.8. The molecular weight excluding hydrogens is 618 g/mol. The largest absolute Gasteiger partial charge is 0.465 e. The first kappa shape index (κ1) is 33.8. The molecule has 1 amide bonds. The Kier molecular flexibility index (Phi) is 10.5. The number of benzene rings is 2. The number of hydrogen-bond donors (Lipinski definition) is 2. The Balaban J connectivity index is 1.51. The Morgan fingerprint density at radius 1 is 1.11 bits per heavy atom. The first-order valence-electron chi connectivity index (χ1n) is 14.3. The Morgan fingerprint density at radius 2 is 1.87 bits per heavy atom. The van der Waals surface area contributed by atoms with E-state index in [4.69, 9.17) is 9.47 Å². The van der Waals surface area contributed by atoms with Gasteiger partial charge in [-0.05, 0) is 57.0 Å². The highest BCUT2D eigenvalue weighted by Gasteiger charge is 2.33. The van der Waals surface area contributed by atoms with Gasteiger partial charge in [0.15, 0.2) is 10.5 Å². The molecule has 15 nitrogen and oxygen atoms in total. The summed E-state index contributed by atoms with van der Waals surface area (Å²) >= 11 is 0. The van der Waals surface area contributed by atoms with Gasteiger partial charge in [0.1, 0.15) is 18.0 Å². The van der Waals surface area contributed by atoms with Gasteiger partial charge >= 0.3 is 12.1 Å². The van der Waals surface area contributed by atoms with E-state index in [0.717, 1.165) is 27.6 Å².